The van der Waals surface area contributed by atoms with Gasteiger partial charge in [0.05, 0.1) is 6.04 Å². The molecule has 0 spiro atoms. The molecule has 0 aromatic carbocycles. The van der Waals surface area contributed by atoms with Crippen LogP contribution in [-0.2, 0) is 4.79 Å². The van der Waals surface area contributed by atoms with Crippen molar-refractivity contribution in [3.8, 4) is 0 Å². The molecule has 3 N–H and O–H groups in total. The monoisotopic (exact) mass is 200 g/mol. The van der Waals surface area contributed by atoms with Gasteiger partial charge in [-0.2, -0.15) is 0 Å². The van der Waals surface area contributed by atoms with E-state index in [1.807, 2.05) is 6.92 Å². The summed E-state index contributed by atoms with van der Waals surface area (Å²) in [5.41, 5.74) is 5.77. The minimum Gasteiger partial charge on any atom is -0.355 e. The molecule has 0 fully saturated rings. The Balaban J connectivity index is 3.62. The molecule has 0 saturated heterocycles. The molecule has 1 amide bonds. The van der Waals surface area contributed by atoms with Crippen molar-refractivity contribution >= 4 is 5.91 Å². The molecule has 0 bridgehead atoms. The molecule has 0 aliphatic carbocycles. The lowest BCUT2D eigenvalue weighted by molar-refractivity contribution is -0.123. The third-order valence-corrected chi connectivity index (χ3v) is 2.64. The molecular weight excluding hydrogens is 176 g/mol. The first kappa shape index (κ1) is 13.4. The zero-order chi connectivity index (χ0) is 11.0. The summed E-state index contributed by atoms with van der Waals surface area (Å²) in [6.07, 6.45) is 4.34. The molecule has 0 aliphatic heterocycles. The lowest BCUT2D eigenvalue weighted by atomic mass is 9.99. The molecule has 84 valence electrons. The average Bonchev–Trinajstić information content (AvgIpc) is 2.21. The Kier molecular flexibility index (Phi) is 7.48. The molecule has 1 unspecified atom stereocenters. The lowest BCUT2D eigenvalue weighted by Gasteiger charge is -2.17. The van der Waals surface area contributed by atoms with E-state index in [0.717, 1.165) is 19.4 Å². The summed E-state index contributed by atoms with van der Waals surface area (Å²) in [6, 6.07) is -0.346. The number of unbranched alkanes of at least 4 members (excludes halogenated alkanes) is 2. The molecule has 0 aliphatic rings. The number of carbonyl (C=O) groups is 1. The van der Waals surface area contributed by atoms with E-state index in [1.54, 1.807) is 0 Å². The van der Waals surface area contributed by atoms with Crippen LogP contribution in [0.2, 0.25) is 0 Å². The second-order valence-electron chi connectivity index (χ2n) is 3.91. The number of hydrogen-bond acceptors (Lipinski definition) is 2. The Morgan fingerprint density at radius 3 is 2.50 bits per heavy atom. The topological polar surface area (TPSA) is 55.1 Å². The van der Waals surface area contributed by atoms with Gasteiger partial charge < -0.3 is 11.1 Å². The Bertz CT molecular complexity index is 159. The van der Waals surface area contributed by atoms with Crippen molar-refractivity contribution in [2.75, 3.05) is 6.54 Å². The number of nitrogens with two attached hydrogens (primary N) is 1. The first-order chi connectivity index (χ1) is 6.63. The van der Waals surface area contributed by atoms with Crippen molar-refractivity contribution in [1.82, 2.24) is 5.32 Å². The molecule has 3 heteroatoms. The van der Waals surface area contributed by atoms with Crippen molar-refractivity contribution in [3.05, 3.63) is 0 Å². The van der Waals surface area contributed by atoms with Gasteiger partial charge in [-0.25, -0.2) is 0 Å². The minimum atomic E-state index is -0.346. The van der Waals surface area contributed by atoms with Crippen LogP contribution in [0.25, 0.3) is 0 Å². The molecule has 0 rings (SSSR count). The van der Waals surface area contributed by atoms with Crippen LogP contribution in [0, 0.1) is 5.92 Å². The number of hydrogen-bond donors (Lipinski definition) is 2. The van der Waals surface area contributed by atoms with Crippen molar-refractivity contribution in [3.63, 3.8) is 0 Å². The quantitative estimate of drug-likeness (QED) is 0.614. The molecule has 3 nitrogen and oxygen atoms in total. The summed E-state index contributed by atoms with van der Waals surface area (Å²) in [5.74, 6) is 0.261. The van der Waals surface area contributed by atoms with Crippen LogP contribution in [-0.4, -0.2) is 18.5 Å². The molecule has 0 aromatic rings. The Hall–Kier alpha value is -0.570. The zero-order valence-electron chi connectivity index (χ0n) is 9.68. The summed E-state index contributed by atoms with van der Waals surface area (Å²) in [4.78, 5) is 11.5. The van der Waals surface area contributed by atoms with Crippen molar-refractivity contribution < 1.29 is 4.79 Å². The van der Waals surface area contributed by atoms with Gasteiger partial charge in [0.1, 0.15) is 0 Å². The summed E-state index contributed by atoms with van der Waals surface area (Å²) in [7, 11) is 0. The molecule has 0 saturated carbocycles. The second-order valence-corrected chi connectivity index (χ2v) is 3.91. The highest BCUT2D eigenvalue weighted by Crippen LogP contribution is 2.04. The molecule has 0 aromatic heterocycles. The number of rotatable bonds is 7. The summed E-state index contributed by atoms with van der Waals surface area (Å²) in [6.45, 7) is 6.97. The van der Waals surface area contributed by atoms with Crippen LogP contribution in [0.1, 0.15) is 46.5 Å². The van der Waals surface area contributed by atoms with Crippen LogP contribution in [0.4, 0.5) is 0 Å². The third kappa shape index (κ3) is 5.22. The fourth-order valence-electron chi connectivity index (χ4n) is 1.22. The maximum atomic E-state index is 11.5. The largest absolute Gasteiger partial charge is 0.355 e. The first-order valence-electron chi connectivity index (χ1n) is 5.66. The summed E-state index contributed by atoms with van der Waals surface area (Å²) in [5, 5.41) is 2.87. The summed E-state index contributed by atoms with van der Waals surface area (Å²) < 4.78 is 0. The van der Waals surface area contributed by atoms with Crippen molar-refractivity contribution in [2.45, 2.75) is 52.5 Å². The zero-order valence-corrected chi connectivity index (χ0v) is 9.68. The minimum absolute atomic E-state index is 0.00421. The molecule has 0 heterocycles. The molecular formula is C11H24N2O. The van der Waals surface area contributed by atoms with Crippen molar-refractivity contribution in [1.29, 1.82) is 0 Å². The highest BCUT2D eigenvalue weighted by Gasteiger charge is 2.18. The molecule has 0 radical (unpaired) electrons. The van der Waals surface area contributed by atoms with Gasteiger partial charge in [-0.1, -0.05) is 40.0 Å². The number of carbonyl (C=O) groups excluding carboxylic acids is 1. The van der Waals surface area contributed by atoms with E-state index in [2.05, 4.69) is 19.2 Å². The van der Waals surface area contributed by atoms with Gasteiger partial charge in [0.15, 0.2) is 0 Å². The number of nitrogens with one attached hydrogen (secondary N) is 1. The Morgan fingerprint density at radius 1 is 1.36 bits per heavy atom. The maximum absolute atomic E-state index is 11.5. The van der Waals surface area contributed by atoms with E-state index >= 15 is 0 Å². The Labute approximate surface area is 87.4 Å². The van der Waals surface area contributed by atoms with Gasteiger partial charge in [0.2, 0.25) is 5.91 Å². The van der Waals surface area contributed by atoms with Crippen molar-refractivity contribution in [2.24, 2.45) is 11.7 Å². The van der Waals surface area contributed by atoms with Crippen LogP contribution in [0.15, 0.2) is 0 Å². The van der Waals surface area contributed by atoms with Gasteiger partial charge in [-0.05, 0) is 12.3 Å². The lowest BCUT2D eigenvalue weighted by Crippen LogP contribution is -2.44. The van der Waals surface area contributed by atoms with Crippen LogP contribution >= 0.6 is 0 Å². The summed E-state index contributed by atoms with van der Waals surface area (Å²) >= 11 is 0. The molecule has 14 heavy (non-hydrogen) atoms. The highest BCUT2D eigenvalue weighted by molar-refractivity contribution is 5.81. The molecule has 2 atom stereocenters. The van der Waals surface area contributed by atoms with E-state index in [9.17, 15) is 4.79 Å². The fourth-order valence-corrected chi connectivity index (χ4v) is 1.22. The smallest absolute Gasteiger partial charge is 0.237 e. The van der Waals surface area contributed by atoms with Crippen LogP contribution < -0.4 is 11.1 Å². The predicted octanol–water partition coefficient (Wildman–Crippen LogP) is 1.67. The third-order valence-electron chi connectivity index (χ3n) is 2.64. The van der Waals surface area contributed by atoms with E-state index in [1.165, 1.54) is 12.8 Å². The number of amides is 1. The highest BCUT2D eigenvalue weighted by atomic mass is 16.2. The average molecular weight is 200 g/mol. The van der Waals surface area contributed by atoms with Crippen LogP contribution in [0.3, 0.4) is 0 Å². The second kappa shape index (κ2) is 7.80. The van der Waals surface area contributed by atoms with Gasteiger partial charge >= 0.3 is 0 Å². The van der Waals surface area contributed by atoms with Crippen LogP contribution in [0.5, 0.6) is 0 Å². The van der Waals surface area contributed by atoms with Gasteiger partial charge in [-0.3, -0.25) is 4.79 Å². The Morgan fingerprint density at radius 2 is 2.00 bits per heavy atom. The van der Waals surface area contributed by atoms with Gasteiger partial charge in [-0.15, -0.1) is 0 Å². The SMILES string of the molecule is CCCCCNC(=O)[C@@H](N)C(C)CC. The van der Waals surface area contributed by atoms with E-state index in [0.29, 0.717) is 0 Å². The normalized spacial score (nSPS) is 14.9. The van der Waals surface area contributed by atoms with E-state index in [4.69, 9.17) is 5.73 Å². The van der Waals surface area contributed by atoms with E-state index < -0.39 is 0 Å². The standard InChI is InChI=1S/C11H24N2O/c1-4-6-7-8-13-11(14)10(12)9(3)5-2/h9-10H,4-8,12H2,1-3H3,(H,13,14)/t9?,10-/m0/s1. The fraction of sp³-hybridized carbons (Fsp3) is 0.909. The van der Waals surface area contributed by atoms with Gasteiger partial charge in [0.25, 0.3) is 0 Å². The first-order valence-corrected chi connectivity index (χ1v) is 5.66. The predicted molar refractivity (Wildman–Crippen MR) is 60.0 cm³/mol. The van der Waals surface area contributed by atoms with Gasteiger partial charge in [0, 0.05) is 6.54 Å². The maximum Gasteiger partial charge on any atom is 0.237 e. The van der Waals surface area contributed by atoms with E-state index in [-0.39, 0.29) is 17.9 Å².